The van der Waals surface area contributed by atoms with E-state index in [1.165, 1.54) is 0 Å². The predicted molar refractivity (Wildman–Crippen MR) is 45.2 cm³/mol. The highest BCUT2D eigenvalue weighted by atomic mass is 79.9. The summed E-state index contributed by atoms with van der Waals surface area (Å²) >= 11 is 3.28. The Morgan fingerprint density at radius 1 is 1.56 bits per heavy atom. The molecule has 0 aliphatic rings. The van der Waals surface area contributed by atoms with Gasteiger partial charge in [-0.25, -0.2) is 0 Å². The van der Waals surface area contributed by atoms with Gasteiger partial charge < -0.3 is 5.73 Å². The van der Waals surface area contributed by atoms with Crippen molar-refractivity contribution in [2.75, 3.05) is 0 Å². The number of halogens is 1. The first-order valence-electron chi connectivity index (χ1n) is 2.61. The molecule has 0 amide bonds. The first kappa shape index (κ1) is 8.50. The van der Waals surface area contributed by atoms with E-state index in [1.54, 1.807) is 6.08 Å². The molecular weight excluding hydrogens is 178 g/mol. The van der Waals surface area contributed by atoms with Gasteiger partial charge in [-0.3, -0.25) is 0 Å². The number of nitrogens with two attached hydrogens (primary N) is 1. The van der Waals surface area contributed by atoms with E-state index in [4.69, 9.17) is 5.73 Å². The second-order valence-electron chi connectivity index (χ2n) is 1.58. The Kier molecular flexibility index (Phi) is 4.14. The molecule has 0 saturated carbocycles. The number of hydrogen-bond donors (Lipinski definition) is 1. The van der Waals surface area contributed by atoms with E-state index in [0.29, 0.717) is 5.70 Å². The van der Waals surface area contributed by atoms with E-state index in [9.17, 15) is 0 Å². The molecule has 0 unspecified atom stereocenters. The van der Waals surface area contributed by atoms with Gasteiger partial charge in [-0.2, -0.15) is 0 Å². The van der Waals surface area contributed by atoms with Crippen LogP contribution in [0.15, 0.2) is 35.0 Å². The van der Waals surface area contributed by atoms with Gasteiger partial charge in [-0.05, 0) is 19.1 Å². The Balaban J connectivity index is 3.86. The SMILES string of the molecule is C=C(N)/C=C\C(Br)=C/C. The van der Waals surface area contributed by atoms with Gasteiger partial charge in [0.15, 0.2) is 0 Å². The quantitative estimate of drug-likeness (QED) is 0.661. The van der Waals surface area contributed by atoms with E-state index in [2.05, 4.69) is 22.5 Å². The highest BCUT2D eigenvalue weighted by molar-refractivity contribution is 9.11. The molecular formula is C7H10BrN. The van der Waals surface area contributed by atoms with Crippen LogP contribution in [0.4, 0.5) is 0 Å². The second-order valence-corrected chi connectivity index (χ2v) is 2.50. The minimum atomic E-state index is 0.564. The van der Waals surface area contributed by atoms with Gasteiger partial charge in [-0.15, -0.1) is 0 Å². The van der Waals surface area contributed by atoms with Crippen molar-refractivity contribution in [2.45, 2.75) is 6.92 Å². The Hall–Kier alpha value is -0.500. The van der Waals surface area contributed by atoms with Crippen molar-refractivity contribution in [3.8, 4) is 0 Å². The van der Waals surface area contributed by atoms with Crippen LogP contribution in [0.25, 0.3) is 0 Å². The highest BCUT2D eigenvalue weighted by Crippen LogP contribution is 2.05. The van der Waals surface area contributed by atoms with Gasteiger partial charge in [0, 0.05) is 10.2 Å². The molecule has 0 saturated heterocycles. The molecule has 0 aromatic heterocycles. The van der Waals surface area contributed by atoms with Crippen molar-refractivity contribution in [3.63, 3.8) is 0 Å². The topological polar surface area (TPSA) is 26.0 Å². The molecule has 0 spiro atoms. The summed E-state index contributed by atoms with van der Waals surface area (Å²) in [5.41, 5.74) is 5.83. The second kappa shape index (κ2) is 4.39. The van der Waals surface area contributed by atoms with Gasteiger partial charge in [0.05, 0.1) is 0 Å². The smallest absolute Gasteiger partial charge is 0.0241 e. The minimum Gasteiger partial charge on any atom is -0.399 e. The van der Waals surface area contributed by atoms with E-state index in [-0.39, 0.29) is 0 Å². The summed E-state index contributed by atoms with van der Waals surface area (Å²) in [5, 5.41) is 0. The molecule has 9 heavy (non-hydrogen) atoms. The Morgan fingerprint density at radius 2 is 2.11 bits per heavy atom. The average Bonchev–Trinajstić information content (AvgIpc) is 1.83. The van der Waals surface area contributed by atoms with Gasteiger partial charge in [-0.1, -0.05) is 28.6 Å². The normalized spacial score (nSPS) is 12.4. The number of rotatable bonds is 2. The zero-order valence-corrected chi connectivity index (χ0v) is 6.98. The third-order valence-corrected chi connectivity index (χ3v) is 1.45. The maximum absolute atomic E-state index is 5.27. The maximum Gasteiger partial charge on any atom is 0.0241 e. The summed E-state index contributed by atoms with van der Waals surface area (Å²) < 4.78 is 1.01. The summed E-state index contributed by atoms with van der Waals surface area (Å²) in [5.74, 6) is 0. The van der Waals surface area contributed by atoms with Crippen LogP contribution in [-0.4, -0.2) is 0 Å². The average molecular weight is 188 g/mol. The van der Waals surface area contributed by atoms with E-state index < -0.39 is 0 Å². The lowest BCUT2D eigenvalue weighted by Gasteiger charge is -1.85. The monoisotopic (exact) mass is 187 g/mol. The molecule has 50 valence electrons. The molecule has 0 aliphatic carbocycles. The predicted octanol–water partition coefficient (Wildman–Crippen LogP) is 2.31. The first-order valence-corrected chi connectivity index (χ1v) is 3.40. The highest BCUT2D eigenvalue weighted by Gasteiger charge is 1.78. The Labute approximate surface area is 64.1 Å². The largest absolute Gasteiger partial charge is 0.399 e. The molecule has 1 nitrogen and oxygen atoms in total. The standard InChI is InChI=1S/C7H10BrN/c1-3-7(8)5-4-6(2)9/h3-5H,2,9H2,1H3/b5-4-,7-3+. The van der Waals surface area contributed by atoms with Crippen LogP contribution in [0.2, 0.25) is 0 Å². The van der Waals surface area contributed by atoms with Crippen LogP contribution in [0.5, 0.6) is 0 Å². The minimum absolute atomic E-state index is 0.564. The first-order chi connectivity index (χ1) is 4.16. The van der Waals surface area contributed by atoms with Crippen LogP contribution < -0.4 is 5.73 Å². The fourth-order valence-electron chi connectivity index (χ4n) is 0.283. The van der Waals surface area contributed by atoms with Crippen molar-refractivity contribution in [2.24, 2.45) is 5.73 Å². The molecule has 0 aromatic rings. The van der Waals surface area contributed by atoms with Crippen LogP contribution in [-0.2, 0) is 0 Å². The lowest BCUT2D eigenvalue weighted by Crippen LogP contribution is -1.87. The zero-order valence-electron chi connectivity index (χ0n) is 5.39. The fourth-order valence-corrected chi connectivity index (χ4v) is 0.415. The van der Waals surface area contributed by atoms with Crippen LogP contribution >= 0.6 is 15.9 Å². The molecule has 0 radical (unpaired) electrons. The molecule has 0 atom stereocenters. The maximum atomic E-state index is 5.27. The number of hydrogen-bond acceptors (Lipinski definition) is 1. The summed E-state index contributed by atoms with van der Waals surface area (Å²) in [6.07, 6.45) is 5.52. The molecule has 2 N–H and O–H groups in total. The summed E-state index contributed by atoms with van der Waals surface area (Å²) in [6, 6.07) is 0. The lowest BCUT2D eigenvalue weighted by molar-refractivity contribution is 1.45. The van der Waals surface area contributed by atoms with Crippen molar-refractivity contribution in [3.05, 3.63) is 35.0 Å². The van der Waals surface area contributed by atoms with E-state index >= 15 is 0 Å². The van der Waals surface area contributed by atoms with E-state index in [1.807, 2.05) is 19.1 Å². The van der Waals surface area contributed by atoms with Crippen molar-refractivity contribution in [1.29, 1.82) is 0 Å². The van der Waals surface area contributed by atoms with E-state index in [0.717, 1.165) is 4.48 Å². The zero-order chi connectivity index (χ0) is 7.28. The summed E-state index contributed by atoms with van der Waals surface area (Å²) in [6.45, 7) is 5.44. The van der Waals surface area contributed by atoms with Crippen LogP contribution in [0.3, 0.4) is 0 Å². The van der Waals surface area contributed by atoms with Crippen molar-refractivity contribution >= 4 is 15.9 Å². The Morgan fingerprint density at radius 3 is 2.44 bits per heavy atom. The fraction of sp³-hybridized carbons (Fsp3) is 0.143. The summed E-state index contributed by atoms with van der Waals surface area (Å²) in [7, 11) is 0. The van der Waals surface area contributed by atoms with Gasteiger partial charge in [0.2, 0.25) is 0 Å². The van der Waals surface area contributed by atoms with Crippen LogP contribution in [0.1, 0.15) is 6.92 Å². The van der Waals surface area contributed by atoms with Gasteiger partial charge in [0.25, 0.3) is 0 Å². The third-order valence-electron chi connectivity index (χ3n) is 0.732. The molecule has 0 aromatic carbocycles. The summed E-state index contributed by atoms with van der Waals surface area (Å²) in [4.78, 5) is 0. The lowest BCUT2D eigenvalue weighted by atomic mass is 10.4. The molecule has 2 heteroatoms. The van der Waals surface area contributed by atoms with Crippen molar-refractivity contribution in [1.82, 2.24) is 0 Å². The van der Waals surface area contributed by atoms with Crippen molar-refractivity contribution < 1.29 is 0 Å². The van der Waals surface area contributed by atoms with Crippen LogP contribution in [0, 0.1) is 0 Å². The molecule has 0 bridgehead atoms. The molecule has 0 fully saturated rings. The molecule has 0 rings (SSSR count). The number of allylic oxidation sites excluding steroid dienone is 4. The van der Waals surface area contributed by atoms with Gasteiger partial charge >= 0.3 is 0 Å². The third kappa shape index (κ3) is 5.37. The molecule has 0 heterocycles. The van der Waals surface area contributed by atoms with Gasteiger partial charge in [0.1, 0.15) is 0 Å². The Bertz CT molecular complexity index is 156. The molecule has 0 aliphatic heterocycles.